The molecule has 0 atom stereocenters. The smallest absolute Gasteiger partial charge is 0.238 e. The summed E-state index contributed by atoms with van der Waals surface area (Å²) in [4.78, 5) is 15.3. The average Bonchev–Trinajstić information content (AvgIpc) is 3.72. The van der Waals surface area contributed by atoms with Crippen LogP contribution < -0.4 is 0 Å². The van der Waals surface area contributed by atoms with Gasteiger partial charge in [-0.05, 0) is 68.7 Å². The molecule has 232 valence electrons. The molecule has 0 saturated heterocycles. The minimum absolute atomic E-state index is 0.577. The Hall–Kier alpha value is -6.85. The van der Waals surface area contributed by atoms with E-state index in [4.69, 9.17) is 19.4 Å². The summed E-state index contributed by atoms with van der Waals surface area (Å²) in [6.07, 6.45) is 0. The molecule has 11 rings (SSSR count). The van der Waals surface area contributed by atoms with Crippen molar-refractivity contribution >= 4 is 76.1 Å². The van der Waals surface area contributed by atoms with E-state index < -0.39 is 0 Å². The number of para-hydroxylation sites is 2. The molecule has 0 fully saturated rings. The van der Waals surface area contributed by atoms with Gasteiger partial charge in [-0.2, -0.15) is 9.97 Å². The van der Waals surface area contributed by atoms with Gasteiger partial charge in [0.2, 0.25) is 5.95 Å². The molecule has 0 unspecified atom stereocenters. The van der Waals surface area contributed by atoms with Crippen LogP contribution in [0.25, 0.3) is 105 Å². The first-order valence-corrected chi connectivity index (χ1v) is 16.8. The van der Waals surface area contributed by atoms with Crippen molar-refractivity contribution in [2.45, 2.75) is 0 Å². The predicted octanol–water partition coefficient (Wildman–Crippen LogP) is 11.7. The highest BCUT2D eigenvalue weighted by molar-refractivity contribution is 6.31. The van der Waals surface area contributed by atoms with E-state index in [2.05, 4.69) is 89.5 Å². The van der Waals surface area contributed by atoms with Crippen molar-refractivity contribution < 1.29 is 4.42 Å². The van der Waals surface area contributed by atoms with Crippen molar-refractivity contribution in [3.05, 3.63) is 158 Å². The van der Waals surface area contributed by atoms with E-state index in [0.29, 0.717) is 17.6 Å². The van der Waals surface area contributed by atoms with E-state index in [0.717, 1.165) is 65.6 Å². The van der Waals surface area contributed by atoms with Gasteiger partial charge in [0.05, 0.1) is 11.0 Å². The van der Waals surface area contributed by atoms with Crippen LogP contribution >= 0.6 is 0 Å². The van der Waals surface area contributed by atoms with Gasteiger partial charge in [0.15, 0.2) is 11.6 Å². The monoisotopic (exact) mass is 638 g/mol. The minimum Gasteiger partial charge on any atom is -0.456 e. The molecule has 5 nitrogen and oxygen atoms in total. The lowest BCUT2D eigenvalue weighted by atomic mass is 9.92. The van der Waals surface area contributed by atoms with Crippen molar-refractivity contribution in [3.63, 3.8) is 0 Å². The molecule has 3 aromatic heterocycles. The highest BCUT2D eigenvalue weighted by atomic mass is 16.3. The zero-order valence-corrected chi connectivity index (χ0v) is 26.7. The summed E-state index contributed by atoms with van der Waals surface area (Å²) in [5.74, 6) is 1.84. The number of hydrogen-bond acceptors (Lipinski definition) is 4. The Morgan fingerprint density at radius 1 is 0.340 bits per heavy atom. The minimum atomic E-state index is 0.577. The van der Waals surface area contributed by atoms with Gasteiger partial charge >= 0.3 is 0 Å². The summed E-state index contributed by atoms with van der Waals surface area (Å²) in [6.45, 7) is 0. The van der Waals surface area contributed by atoms with E-state index in [1.807, 2.05) is 72.8 Å². The first-order valence-electron chi connectivity index (χ1n) is 16.8. The van der Waals surface area contributed by atoms with E-state index in [9.17, 15) is 0 Å². The standard InChI is InChI=1S/C45H26N4O/c1-3-13-27(14-4-1)43-46-44(28-15-5-2-6-16-28)48-45(47-43)49-39-21-11-9-19-31(39)37-23-33-29-17-7-8-18-30(29)34-24-38-32-20-10-12-22-41(32)50-42(38)26-36(34)35(33)25-40(37)49/h1-26H. The van der Waals surface area contributed by atoms with Crippen LogP contribution in [0.2, 0.25) is 0 Å². The van der Waals surface area contributed by atoms with Crippen molar-refractivity contribution in [2.24, 2.45) is 0 Å². The molecule has 0 aliphatic rings. The van der Waals surface area contributed by atoms with Crippen LogP contribution in [0.3, 0.4) is 0 Å². The molecule has 3 heterocycles. The summed E-state index contributed by atoms with van der Waals surface area (Å²) in [5, 5.41) is 11.7. The third-order valence-electron chi connectivity index (χ3n) is 10.0. The van der Waals surface area contributed by atoms with E-state index in [1.54, 1.807) is 0 Å². The van der Waals surface area contributed by atoms with Crippen LogP contribution in [0.1, 0.15) is 0 Å². The lowest BCUT2D eigenvalue weighted by molar-refractivity contribution is 0.669. The highest BCUT2D eigenvalue weighted by Gasteiger charge is 2.20. The van der Waals surface area contributed by atoms with Gasteiger partial charge in [-0.25, -0.2) is 4.98 Å². The average molecular weight is 639 g/mol. The van der Waals surface area contributed by atoms with E-state index in [1.165, 1.54) is 21.5 Å². The van der Waals surface area contributed by atoms with Gasteiger partial charge in [-0.15, -0.1) is 0 Å². The molecule has 0 radical (unpaired) electrons. The highest BCUT2D eigenvalue weighted by Crippen LogP contribution is 2.43. The summed E-state index contributed by atoms with van der Waals surface area (Å²) in [6, 6.07) is 55.0. The molecule has 0 saturated carbocycles. The maximum absolute atomic E-state index is 6.43. The predicted molar refractivity (Wildman–Crippen MR) is 205 cm³/mol. The zero-order valence-electron chi connectivity index (χ0n) is 26.7. The fourth-order valence-electron chi connectivity index (χ4n) is 7.74. The summed E-state index contributed by atoms with van der Waals surface area (Å²) >= 11 is 0. The number of hydrogen-bond donors (Lipinski definition) is 0. The molecule has 8 aromatic carbocycles. The van der Waals surface area contributed by atoms with Gasteiger partial charge in [0, 0.05) is 32.7 Å². The SMILES string of the molecule is c1ccc(-c2nc(-c3ccccc3)nc(-n3c4ccccc4c4cc5c6ccccc6c6cc7c(cc6c5cc43)oc3ccccc37)n2)cc1. The molecule has 0 spiro atoms. The van der Waals surface area contributed by atoms with Crippen molar-refractivity contribution in [1.29, 1.82) is 0 Å². The van der Waals surface area contributed by atoms with Gasteiger partial charge in [-0.3, -0.25) is 4.57 Å². The van der Waals surface area contributed by atoms with E-state index in [-0.39, 0.29) is 0 Å². The normalized spacial score (nSPS) is 12.0. The molecular weight excluding hydrogens is 613 g/mol. The van der Waals surface area contributed by atoms with Crippen LogP contribution in [0.4, 0.5) is 0 Å². The fraction of sp³-hybridized carbons (Fsp3) is 0. The zero-order chi connectivity index (χ0) is 32.8. The number of aromatic nitrogens is 4. The number of furan rings is 1. The van der Waals surface area contributed by atoms with Crippen LogP contribution in [0, 0.1) is 0 Å². The topological polar surface area (TPSA) is 56.7 Å². The molecule has 11 aromatic rings. The van der Waals surface area contributed by atoms with E-state index >= 15 is 0 Å². The second-order valence-corrected chi connectivity index (χ2v) is 12.8. The molecule has 0 aliphatic heterocycles. The Morgan fingerprint density at radius 2 is 0.860 bits per heavy atom. The Bertz CT molecular complexity index is 3080. The number of nitrogens with zero attached hydrogens (tertiary/aromatic N) is 4. The Labute approximate surface area is 285 Å². The molecule has 0 aliphatic carbocycles. The van der Waals surface area contributed by atoms with Crippen LogP contribution in [0.5, 0.6) is 0 Å². The molecule has 0 amide bonds. The first kappa shape index (κ1) is 27.1. The molecule has 0 bridgehead atoms. The van der Waals surface area contributed by atoms with Crippen molar-refractivity contribution in [2.75, 3.05) is 0 Å². The lowest BCUT2D eigenvalue weighted by Crippen LogP contribution is -2.06. The van der Waals surface area contributed by atoms with Crippen molar-refractivity contribution in [1.82, 2.24) is 19.5 Å². The summed E-state index contributed by atoms with van der Waals surface area (Å²) in [7, 11) is 0. The molecule has 50 heavy (non-hydrogen) atoms. The second kappa shape index (κ2) is 10.3. The Balaban J connectivity index is 1.29. The Morgan fingerprint density at radius 3 is 1.54 bits per heavy atom. The van der Waals surface area contributed by atoms with Crippen LogP contribution in [-0.2, 0) is 0 Å². The fourth-order valence-corrected chi connectivity index (χ4v) is 7.74. The maximum Gasteiger partial charge on any atom is 0.238 e. The first-order chi connectivity index (χ1) is 24.8. The van der Waals surface area contributed by atoms with Crippen LogP contribution in [0.15, 0.2) is 162 Å². The largest absolute Gasteiger partial charge is 0.456 e. The summed E-state index contributed by atoms with van der Waals surface area (Å²) in [5.41, 5.74) is 5.72. The quantitative estimate of drug-likeness (QED) is 0.181. The number of fused-ring (bicyclic) bond motifs is 12. The summed E-state index contributed by atoms with van der Waals surface area (Å²) < 4.78 is 8.63. The van der Waals surface area contributed by atoms with Gasteiger partial charge in [0.25, 0.3) is 0 Å². The van der Waals surface area contributed by atoms with Gasteiger partial charge in [0.1, 0.15) is 11.2 Å². The Kier molecular flexibility index (Phi) is 5.60. The molecular formula is C45H26N4O. The lowest BCUT2D eigenvalue weighted by Gasteiger charge is -2.13. The molecule has 5 heteroatoms. The maximum atomic E-state index is 6.43. The third-order valence-corrected chi connectivity index (χ3v) is 10.0. The van der Waals surface area contributed by atoms with Gasteiger partial charge in [-0.1, -0.05) is 121 Å². The second-order valence-electron chi connectivity index (χ2n) is 12.8. The van der Waals surface area contributed by atoms with Gasteiger partial charge < -0.3 is 4.42 Å². The van der Waals surface area contributed by atoms with Crippen LogP contribution in [-0.4, -0.2) is 19.5 Å². The van der Waals surface area contributed by atoms with Crippen molar-refractivity contribution in [3.8, 4) is 28.7 Å². The third kappa shape index (κ3) is 3.92. The number of benzene rings is 8. The number of rotatable bonds is 3. The molecule has 0 N–H and O–H groups in total.